The molecule has 0 radical (unpaired) electrons. The van der Waals surface area contributed by atoms with Gasteiger partial charge >= 0.3 is 5.97 Å². The number of aromatic carboxylic acids is 1. The van der Waals surface area contributed by atoms with Crippen molar-refractivity contribution in [2.45, 2.75) is 18.8 Å². The molecule has 3 heterocycles. The van der Waals surface area contributed by atoms with Crippen molar-refractivity contribution in [3.05, 3.63) is 23.9 Å². The fourth-order valence-electron chi connectivity index (χ4n) is 2.33. The third-order valence-corrected chi connectivity index (χ3v) is 3.33. The number of nitrogens with one attached hydrogen (secondary N) is 1. The van der Waals surface area contributed by atoms with E-state index in [-0.39, 0.29) is 11.6 Å². The normalized spacial score (nSPS) is 19.0. The summed E-state index contributed by atoms with van der Waals surface area (Å²) in [5.74, 6) is 0.490. The van der Waals surface area contributed by atoms with Crippen LogP contribution in [0.4, 0.5) is 5.82 Å². The SMILES string of the molecule is O=C(O)c1cnc(N2CCC[C@H](c3nn[nH]n3)C2)cn1. The highest BCUT2D eigenvalue weighted by atomic mass is 16.4. The van der Waals surface area contributed by atoms with Crippen LogP contribution in [0.5, 0.6) is 0 Å². The van der Waals surface area contributed by atoms with Gasteiger partial charge in [0, 0.05) is 19.0 Å². The highest BCUT2D eigenvalue weighted by Gasteiger charge is 2.25. The second-order valence-corrected chi connectivity index (χ2v) is 4.62. The summed E-state index contributed by atoms with van der Waals surface area (Å²) in [4.78, 5) is 20.9. The van der Waals surface area contributed by atoms with Crippen molar-refractivity contribution >= 4 is 11.8 Å². The lowest BCUT2D eigenvalue weighted by Gasteiger charge is -2.31. The molecule has 1 atom stereocenters. The maximum Gasteiger partial charge on any atom is 0.356 e. The Morgan fingerprint density at radius 2 is 2.30 bits per heavy atom. The number of H-pyrrole nitrogens is 1. The molecule has 0 amide bonds. The summed E-state index contributed by atoms with van der Waals surface area (Å²) in [5.41, 5.74) is -0.0551. The predicted octanol–water partition coefficient (Wildman–Crippen LogP) is 0.0719. The molecule has 2 aromatic rings. The first-order chi connectivity index (χ1) is 9.74. The van der Waals surface area contributed by atoms with Crippen LogP contribution in [0.3, 0.4) is 0 Å². The Hall–Kier alpha value is -2.58. The molecule has 0 bridgehead atoms. The number of carboxylic acid groups (broad SMARTS) is 1. The number of carbonyl (C=O) groups is 1. The fraction of sp³-hybridized carbons (Fsp3) is 0.455. The van der Waals surface area contributed by atoms with Crippen LogP contribution >= 0.6 is 0 Å². The number of aromatic nitrogens is 6. The molecule has 1 fully saturated rings. The number of hydrogen-bond donors (Lipinski definition) is 2. The van der Waals surface area contributed by atoms with Gasteiger partial charge in [0.25, 0.3) is 0 Å². The van der Waals surface area contributed by atoms with Crippen molar-refractivity contribution in [1.29, 1.82) is 0 Å². The number of rotatable bonds is 3. The zero-order chi connectivity index (χ0) is 13.9. The predicted molar refractivity (Wildman–Crippen MR) is 67.4 cm³/mol. The molecule has 2 N–H and O–H groups in total. The van der Waals surface area contributed by atoms with E-state index in [0.717, 1.165) is 25.9 Å². The number of carboxylic acids is 1. The molecular formula is C11H13N7O2. The van der Waals surface area contributed by atoms with Crippen molar-refractivity contribution in [3.8, 4) is 0 Å². The molecule has 0 saturated carbocycles. The minimum absolute atomic E-state index is 0.0551. The summed E-state index contributed by atoms with van der Waals surface area (Å²) in [6.07, 6.45) is 4.75. The van der Waals surface area contributed by atoms with Crippen molar-refractivity contribution in [1.82, 2.24) is 30.6 Å². The zero-order valence-corrected chi connectivity index (χ0v) is 10.6. The lowest BCUT2D eigenvalue weighted by atomic mass is 9.97. The Bertz CT molecular complexity index is 583. The van der Waals surface area contributed by atoms with E-state index in [1.54, 1.807) is 0 Å². The Morgan fingerprint density at radius 1 is 1.40 bits per heavy atom. The number of anilines is 1. The van der Waals surface area contributed by atoms with E-state index in [1.165, 1.54) is 12.4 Å². The fourth-order valence-corrected chi connectivity index (χ4v) is 2.33. The van der Waals surface area contributed by atoms with Gasteiger partial charge in [0.15, 0.2) is 11.5 Å². The quantitative estimate of drug-likeness (QED) is 0.807. The molecule has 1 aliphatic heterocycles. The zero-order valence-electron chi connectivity index (χ0n) is 10.6. The molecule has 0 unspecified atom stereocenters. The first-order valence-corrected chi connectivity index (χ1v) is 6.27. The van der Waals surface area contributed by atoms with E-state index in [4.69, 9.17) is 5.11 Å². The molecule has 9 heteroatoms. The third-order valence-electron chi connectivity index (χ3n) is 3.33. The van der Waals surface area contributed by atoms with E-state index in [2.05, 4.69) is 35.5 Å². The van der Waals surface area contributed by atoms with E-state index in [0.29, 0.717) is 11.6 Å². The molecule has 0 spiro atoms. The molecule has 2 aromatic heterocycles. The summed E-state index contributed by atoms with van der Waals surface area (Å²) in [5, 5.41) is 22.9. The molecule has 20 heavy (non-hydrogen) atoms. The molecule has 3 rings (SSSR count). The van der Waals surface area contributed by atoms with Crippen molar-refractivity contribution < 1.29 is 9.90 Å². The van der Waals surface area contributed by atoms with Crippen LogP contribution in [-0.2, 0) is 0 Å². The number of aromatic amines is 1. The summed E-state index contributed by atoms with van der Waals surface area (Å²) in [6.45, 7) is 1.58. The maximum absolute atomic E-state index is 10.8. The highest BCUT2D eigenvalue weighted by Crippen LogP contribution is 2.26. The monoisotopic (exact) mass is 275 g/mol. The minimum Gasteiger partial charge on any atom is -0.476 e. The second-order valence-electron chi connectivity index (χ2n) is 4.62. The van der Waals surface area contributed by atoms with Crippen molar-refractivity contribution in [2.75, 3.05) is 18.0 Å². The number of piperidine rings is 1. The largest absolute Gasteiger partial charge is 0.476 e. The van der Waals surface area contributed by atoms with Crippen LogP contribution in [0.15, 0.2) is 12.4 Å². The van der Waals surface area contributed by atoms with Crippen molar-refractivity contribution in [2.24, 2.45) is 0 Å². The summed E-state index contributed by atoms with van der Waals surface area (Å²) < 4.78 is 0. The molecule has 0 aliphatic carbocycles. The van der Waals surface area contributed by atoms with Gasteiger partial charge in [0.2, 0.25) is 0 Å². The van der Waals surface area contributed by atoms with Crippen LogP contribution in [0.2, 0.25) is 0 Å². The van der Waals surface area contributed by atoms with Crippen LogP contribution in [0.1, 0.15) is 35.1 Å². The maximum atomic E-state index is 10.8. The molecule has 1 saturated heterocycles. The average Bonchev–Trinajstić information content (AvgIpc) is 3.02. The van der Waals surface area contributed by atoms with Crippen LogP contribution < -0.4 is 4.90 Å². The first kappa shape index (κ1) is 12.5. The smallest absolute Gasteiger partial charge is 0.356 e. The molecule has 0 aromatic carbocycles. The summed E-state index contributed by atoms with van der Waals surface area (Å²) >= 11 is 0. The first-order valence-electron chi connectivity index (χ1n) is 6.27. The summed E-state index contributed by atoms with van der Waals surface area (Å²) in [7, 11) is 0. The van der Waals surface area contributed by atoms with Gasteiger partial charge in [-0.15, -0.1) is 10.2 Å². The summed E-state index contributed by atoms with van der Waals surface area (Å²) in [6, 6.07) is 0. The second kappa shape index (κ2) is 5.19. The van der Waals surface area contributed by atoms with Crippen LogP contribution in [0.25, 0.3) is 0 Å². The van der Waals surface area contributed by atoms with Gasteiger partial charge in [0.1, 0.15) is 5.82 Å². The van der Waals surface area contributed by atoms with Gasteiger partial charge in [0.05, 0.1) is 12.4 Å². The Balaban J connectivity index is 1.75. The number of nitrogens with zero attached hydrogens (tertiary/aromatic N) is 6. The van der Waals surface area contributed by atoms with Gasteiger partial charge in [-0.1, -0.05) is 5.21 Å². The van der Waals surface area contributed by atoms with Gasteiger partial charge in [-0.25, -0.2) is 14.8 Å². The average molecular weight is 275 g/mol. The van der Waals surface area contributed by atoms with Gasteiger partial charge < -0.3 is 10.0 Å². The molecular weight excluding hydrogens is 262 g/mol. The van der Waals surface area contributed by atoms with Crippen LogP contribution in [-0.4, -0.2) is 54.8 Å². The topological polar surface area (TPSA) is 121 Å². The van der Waals surface area contributed by atoms with Gasteiger partial charge in [-0.05, 0) is 12.8 Å². The van der Waals surface area contributed by atoms with E-state index >= 15 is 0 Å². The lowest BCUT2D eigenvalue weighted by molar-refractivity contribution is 0.0690. The van der Waals surface area contributed by atoms with Gasteiger partial charge in [-0.2, -0.15) is 5.21 Å². The number of hydrogen-bond acceptors (Lipinski definition) is 7. The Kier molecular flexibility index (Phi) is 3.23. The van der Waals surface area contributed by atoms with E-state index in [1.807, 2.05) is 0 Å². The van der Waals surface area contributed by atoms with E-state index < -0.39 is 5.97 Å². The Labute approximate surface area is 114 Å². The number of tetrazole rings is 1. The lowest BCUT2D eigenvalue weighted by Crippen LogP contribution is -2.35. The minimum atomic E-state index is -1.08. The molecule has 9 nitrogen and oxygen atoms in total. The van der Waals surface area contributed by atoms with Crippen molar-refractivity contribution in [3.63, 3.8) is 0 Å². The Morgan fingerprint density at radius 3 is 2.95 bits per heavy atom. The third kappa shape index (κ3) is 2.42. The van der Waals surface area contributed by atoms with Gasteiger partial charge in [-0.3, -0.25) is 0 Å². The highest BCUT2D eigenvalue weighted by molar-refractivity contribution is 5.84. The van der Waals surface area contributed by atoms with Crippen LogP contribution in [0, 0.1) is 0 Å². The standard InChI is InChI=1S/C11H13N7O2/c19-11(20)8-4-13-9(5-12-8)18-3-1-2-7(6-18)10-14-16-17-15-10/h4-5,7H,1-3,6H2,(H,19,20)(H,14,15,16,17)/t7-/m0/s1. The van der Waals surface area contributed by atoms with E-state index in [9.17, 15) is 4.79 Å². The molecule has 104 valence electrons. The molecule has 1 aliphatic rings.